The Kier molecular flexibility index (Phi) is 4.12. The van der Waals surface area contributed by atoms with Gasteiger partial charge < -0.3 is 14.1 Å². The second kappa shape index (κ2) is 6.21. The summed E-state index contributed by atoms with van der Waals surface area (Å²) in [7, 11) is 0. The van der Waals surface area contributed by atoms with Gasteiger partial charge >= 0.3 is 5.88 Å². The molecule has 1 aromatic heterocycles. The first-order valence-electron chi connectivity index (χ1n) is 7.28. The van der Waals surface area contributed by atoms with Crippen LogP contribution in [0.2, 0.25) is 0 Å². The largest absolute Gasteiger partial charge is 0.433 e. The number of hydrogen-bond donors (Lipinski definition) is 0. The lowest BCUT2D eigenvalue weighted by atomic mass is 10.1. The maximum Gasteiger partial charge on any atom is 0.433 e. The molecule has 1 aliphatic heterocycles. The molecule has 2 atom stereocenters. The van der Waals surface area contributed by atoms with Crippen LogP contribution in [0.1, 0.15) is 29.1 Å². The van der Waals surface area contributed by atoms with Crippen molar-refractivity contribution in [3.8, 4) is 0 Å². The fourth-order valence-corrected chi connectivity index (χ4v) is 2.67. The van der Waals surface area contributed by atoms with E-state index in [4.69, 9.17) is 9.15 Å². The summed E-state index contributed by atoms with van der Waals surface area (Å²) in [5.41, 5.74) is 0.988. The zero-order valence-electron chi connectivity index (χ0n) is 12.5. The number of hydrogen-bond acceptors (Lipinski definition) is 5. The molecule has 3 rings (SSSR count). The predicted molar refractivity (Wildman–Crippen MR) is 81.0 cm³/mol. The van der Waals surface area contributed by atoms with Gasteiger partial charge in [-0.15, -0.1) is 0 Å². The van der Waals surface area contributed by atoms with Crippen LogP contribution in [-0.4, -0.2) is 34.9 Å². The number of nitrogens with zero attached hydrogens (tertiary/aromatic N) is 2. The standard InChI is InChI=1S/C16H16N2O5/c1-11-9-17(10-14(22-11)12-5-3-2-4-6-12)16(19)13-7-8-15(23-13)18(20)21/h2-8,11,14H,9-10H2,1H3/t11-,14+/m0/s1. The van der Waals surface area contributed by atoms with Crippen molar-refractivity contribution in [3.63, 3.8) is 0 Å². The maximum absolute atomic E-state index is 12.5. The molecule has 7 heteroatoms. The van der Waals surface area contributed by atoms with Gasteiger partial charge in [0, 0.05) is 6.54 Å². The third-order valence-corrected chi connectivity index (χ3v) is 3.70. The fraction of sp³-hybridized carbons (Fsp3) is 0.312. The number of nitro groups is 1. The van der Waals surface area contributed by atoms with Gasteiger partial charge in [0.2, 0.25) is 0 Å². The fourth-order valence-electron chi connectivity index (χ4n) is 2.67. The number of amides is 1. The summed E-state index contributed by atoms with van der Waals surface area (Å²) in [5, 5.41) is 10.7. The average molecular weight is 316 g/mol. The Morgan fingerprint density at radius 3 is 2.61 bits per heavy atom. The van der Waals surface area contributed by atoms with E-state index in [1.54, 1.807) is 4.90 Å². The predicted octanol–water partition coefficient (Wildman–Crippen LogP) is 2.79. The Morgan fingerprint density at radius 2 is 1.96 bits per heavy atom. The van der Waals surface area contributed by atoms with Crippen molar-refractivity contribution in [2.75, 3.05) is 13.1 Å². The van der Waals surface area contributed by atoms with Crippen LogP contribution in [0.15, 0.2) is 46.9 Å². The molecule has 0 saturated carbocycles. The molecule has 2 heterocycles. The van der Waals surface area contributed by atoms with Crippen LogP contribution >= 0.6 is 0 Å². The van der Waals surface area contributed by atoms with E-state index in [0.717, 1.165) is 5.56 Å². The lowest BCUT2D eigenvalue weighted by Crippen LogP contribution is -2.45. The molecule has 1 aromatic carbocycles. The van der Waals surface area contributed by atoms with Crippen molar-refractivity contribution in [2.24, 2.45) is 0 Å². The summed E-state index contributed by atoms with van der Waals surface area (Å²) in [4.78, 5) is 24.1. The Bertz CT molecular complexity index is 712. The van der Waals surface area contributed by atoms with Crippen LogP contribution in [0.4, 0.5) is 5.88 Å². The number of ether oxygens (including phenoxy) is 1. The molecule has 0 N–H and O–H groups in total. The van der Waals surface area contributed by atoms with E-state index in [-0.39, 0.29) is 23.9 Å². The minimum Gasteiger partial charge on any atom is -0.395 e. The maximum atomic E-state index is 12.5. The van der Waals surface area contributed by atoms with E-state index in [9.17, 15) is 14.9 Å². The molecular weight excluding hydrogens is 300 g/mol. The normalized spacial score (nSPS) is 21.2. The summed E-state index contributed by atoms with van der Waals surface area (Å²) < 4.78 is 10.9. The summed E-state index contributed by atoms with van der Waals surface area (Å²) in [5.74, 6) is -0.832. The van der Waals surface area contributed by atoms with Gasteiger partial charge in [0.1, 0.15) is 11.0 Å². The lowest BCUT2D eigenvalue weighted by Gasteiger charge is -2.36. The van der Waals surface area contributed by atoms with E-state index >= 15 is 0 Å². The molecule has 1 amide bonds. The molecule has 7 nitrogen and oxygen atoms in total. The number of benzene rings is 1. The van der Waals surface area contributed by atoms with E-state index in [0.29, 0.717) is 13.1 Å². The first-order valence-corrected chi connectivity index (χ1v) is 7.28. The lowest BCUT2D eigenvalue weighted by molar-refractivity contribution is -0.402. The SMILES string of the molecule is C[C@H]1CN(C(=O)c2ccc([N+](=O)[O-])o2)C[C@H](c2ccccc2)O1. The van der Waals surface area contributed by atoms with Crippen molar-refractivity contribution in [1.82, 2.24) is 4.90 Å². The topological polar surface area (TPSA) is 85.8 Å². The Morgan fingerprint density at radius 1 is 1.22 bits per heavy atom. The van der Waals surface area contributed by atoms with Crippen molar-refractivity contribution in [2.45, 2.75) is 19.1 Å². The van der Waals surface area contributed by atoms with Crippen molar-refractivity contribution >= 4 is 11.8 Å². The summed E-state index contributed by atoms with van der Waals surface area (Å²) in [6, 6.07) is 12.2. The zero-order chi connectivity index (χ0) is 16.4. The van der Waals surface area contributed by atoms with Crippen molar-refractivity contribution in [1.29, 1.82) is 0 Å². The van der Waals surface area contributed by atoms with Crippen molar-refractivity contribution in [3.05, 3.63) is 63.9 Å². The van der Waals surface area contributed by atoms with Gasteiger partial charge in [0.15, 0.2) is 5.76 Å². The first kappa shape index (κ1) is 15.2. The molecule has 1 fully saturated rings. The molecular formula is C16H16N2O5. The van der Waals surface area contributed by atoms with Gasteiger partial charge in [-0.05, 0) is 18.6 Å². The molecule has 0 unspecified atom stereocenters. The van der Waals surface area contributed by atoms with Crippen molar-refractivity contribution < 1.29 is 18.9 Å². The van der Waals surface area contributed by atoms with Crippen LogP contribution in [0.25, 0.3) is 0 Å². The second-order valence-electron chi connectivity index (χ2n) is 5.45. The van der Waals surface area contributed by atoms with Crippen LogP contribution in [0.3, 0.4) is 0 Å². The molecule has 2 aromatic rings. The molecule has 0 spiro atoms. The van der Waals surface area contributed by atoms with Crippen LogP contribution < -0.4 is 0 Å². The quantitative estimate of drug-likeness (QED) is 0.642. The molecule has 0 bridgehead atoms. The smallest absolute Gasteiger partial charge is 0.395 e. The monoisotopic (exact) mass is 316 g/mol. The minimum atomic E-state index is -0.661. The van der Waals surface area contributed by atoms with E-state index in [1.165, 1.54) is 12.1 Å². The van der Waals surface area contributed by atoms with E-state index in [1.807, 2.05) is 37.3 Å². The summed E-state index contributed by atoms with van der Waals surface area (Å²) in [6.45, 7) is 2.68. The number of rotatable bonds is 3. The number of carbonyl (C=O) groups excluding carboxylic acids is 1. The summed E-state index contributed by atoms with van der Waals surface area (Å²) >= 11 is 0. The van der Waals surface area contributed by atoms with Crippen LogP contribution in [0, 0.1) is 10.1 Å². The highest BCUT2D eigenvalue weighted by molar-refractivity contribution is 5.91. The highest BCUT2D eigenvalue weighted by atomic mass is 16.6. The van der Waals surface area contributed by atoms with Gasteiger partial charge in [-0.25, -0.2) is 0 Å². The molecule has 1 saturated heterocycles. The molecule has 120 valence electrons. The van der Waals surface area contributed by atoms with Crippen LogP contribution in [0.5, 0.6) is 0 Å². The third kappa shape index (κ3) is 3.24. The van der Waals surface area contributed by atoms with Gasteiger partial charge in [-0.3, -0.25) is 14.9 Å². The highest BCUT2D eigenvalue weighted by Gasteiger charge is 2.31. The Hall–Kier alpha value is -2.67. The zero-order valence-corrected chi connectivity index (χ0v) is 12.5. The molecule has 0 aliphatic carbocycles. The van der Waals surface area contributed by atoms with Gasteiger partial charge in [0.25, 0.3) is 5.91 Å². The molecule has 23 heavy (non-hydrogen) atoms. The number of morpholine rings is 1. The highest BCUT2D eigenvalue weighted by Crippen LogP contribution is 2.27. The molecule has 0 radical (unpaired) electrons. The van der Waals surface area contributed by atoms with Gasteiger partial charge in [-0.2, -0.15) is 0 Å². The summed E-state index contributed by atoms with van der Waals surface area (Å²) in [6.07, 6.45) is -0.364. The van der Waals surface area contributed by atoms with E-state index < -0.39 is 10.8 Å². The van der Waals surface area contributed by atoms with Crippen LogP contribution in [-0.2, 0) is 4.74 Å². The second-order valence-corrected chi connectivity index (χ2v) is 5.45. The van der Waals surface area contributed by atoms with E-state index in [2.05, 4.69) is 0 Å². The number of carbonyl (C=O) groups is 1. The molecule has 1 aliphatic rings. The first-order chi connectivity index (χ1) is 11.0. The van der Waals surface area contributed by atoms with Gasteiger partial charge in [0.05, 0.1) is 18.7 Å². The average Bonchev–Trinajstić information content (AvgIpc) is 3.04. The van der Waals surface area contributed by atoms with Gasteiger partial charge in [-0.1, -0.05) is 30.3 Å². The minimum absolute atomic E-state index is 0.0300. The Balaban J connectivity index is 1.78. The number of furan rings is 1. The Labute approximate surface area is 132 Å². The third-order valence-electron chi connectivity index (χ3n) is 3.70.